The Labute approximate surface area is 167 Å². The van der Waals surface area contributed by atoms with Crippen LogP contribution in [0.4, 0.5) is 0 Å². The summed E-state index contributed by atoms with van der Waals surface area (Å²) in [5.74, 6) is 2.29. The first kappa shape index (κ1) is 20.6. The number of hydrogen-bond donors (Lipinski definition) is 2. The lowest BCUT2D eigenvalue weighted by molar-refractivity contribution is 0.0608. The van der Waals surface area contributed by atoms with Crippen molar-refractivity contribution in [2.24, 2.45) is 0 Å². The van der Waals surface area contributed by atoms with Crippen LogP contribution in [0.15, 0.2) is 30.6 Å². The van der Waals surface area contributed by atoms with Crippen molar-refractivity contribution in [3.8, 4) is 11.5 Å². The van der Waals surface area contributed by atoms with Crippen LogP contribution >= 0.6 is 0 Å². The number of nitrogens with one attached hydrogen (secondary N) is 1. The predicted molar refractivity (Wildman–Crippen MR) is 109 cm³/mol. The van der Waals surface area contributed by atoms with E-state index >= 15 is 0 Å². The summed E-state index contributed by atoms with van der Waals surface area (Å²) >= 11 is 0. The molecule has 28 heavy (non-hydrogen) atoms. The molecule has 0 bridgehead atoms. The van der Waals surface area contributed by atoms with Crippen LogP contribution in [0.2, 0.25) is 0 Å². The van der Waals surface area contributed by atoms with Crippen molar-refractivity contribution in [3.05, 3.63) is 42.0 Å². The van der Waals surface area contributed by atoms with E-state index in [0.717, 1.165) is 37.6 Å². The van der Waals surface area contributed by atoms with Gasteiger partial charge in [0.1, 0.15) is 18.5 Å². The number of H-pyrrole nitrogens is 1. The molecule has 2 N–H and O–H groups in total. The van der Waals surface area contributed by atoms with Gasteiger partial charge in [-0.2, -0.15) is 0 Å². The second-order valence-corrected chi connectivity index (χ2v) is 7.52. The second kappa shape index (κ2) is 10.5. The van der Waals surface area contributed by atoms with Gasteiger partial charge < -0.3 is 24.5 Å². The van der Waals surface area contributed by atoms with Crippen molar-refractivity contribution in [1.82, 2.24) is 19.8 Å². The lowest BCUT2D eigenvalue weighted by Gasteiger charge is -2.28. The summed E-state index contributed by atoms with van der Waals surface area (Å²) in [6.07, 6.45) is 6.81. The summed E-state index contributed by atoms with van der Waals surface area (Å²) in [6, 6.07) is 5.95. The number of rotatable bonds is 10. The molecule has 7 nitrogen and oxygen atoms in total. The molecule has 1 atom stereocenters. The number of nitrogens with zero attached hydrogens (tertiary/aromatic N) is 3. The second-order valence-electron chi connectivity index (χ2n) is 7.52. The van der Waals surface area contributed by atoms with Crippen molar-refractivity contribution >= 4 is 0 Å². The Balaban J connectivity index is 1.54. The first-order valence-electron chi connectivity index (χ1n) is 10.0. The van der Waals surface area contributed by atoms with Crippen LogP contribution in [0.3, 0.4) is 0 Å². The van der Waals surface area contributed by atoms with Crippen molar-refractivity contribution in [3.63, 3.8) is 0 Å². The van der Waals surface area contributed by atoms with Crippen molar-refractivity contribution < 1.29 is 14.6 Å². The molecule has 3 rings (SSSR count). The van der Waals surface area contributed by atoms with Crippen molar-refractivity contribution in [1.29, 1.82) is 0 Å². The number of aliphatic hydroxyl groups is 1. The van der Waals surface area contributed by atoms with Crippen LogP contribution in [0, 0.1) is 0 Å². The molecule has 0 aliphatic carbocycles. The number of methoxy groups -OCH3 is 1. The van der Waals surface area contributed by atoms with Gasteiger partial charge >= 0.3 is 0 Å². The highest BCUT2D eigenvalue weighted by Crippen LogP contribution is 2.29. The number of aromatic nitrogens is 2. The Morgan fingerprint density at radius 3 is 2.75 bits per heavy atom. The molecule has 0 radical (unpaired) electrons. The largest absolute Gasteiger partial charge is 0.493 e. The molecule has 1 saturated heterocycles. The smallest absolute Gasteiger partial charge is 0.161 e. The van der Waals surface area contributed by atoms with Gasteiger partial charge in [0.25, 0.3) is 0 Å². The zero-order valence-electron chi connectivity index (χ0n) is 16.9. The van der Waals surface area contributed by atoms with Gasteiger partial charge in [-0.1, -0.05) is 12.5 Å². The van der Waals surface area contributed by atoms with Crippen LogP contribution in [0.5, 0.6) is 11.5 Å². The molecular weight excluding hydrogens is 356 g/mol. The fourth-order valence-corrected chi connectivity index (χ4v) is 3.62. The first-order chi connectivity index (χ1) is 13.6. The minimum absolute atomic E-state index is 0.262. The molecule has 7 heteroatoms. The third-order valence-electron chi connectivity index (χ3n) is 5.00. The van der Waals surface area contributed by atoms with Gasteiger partial charge in [0.05, 0.1) is 13.7 Å². The number of aliphatic hydroxyl groups excluding tert-OH is 1. The third kappa shape index (κ3) is 6.22. The minimum Gasteiger partial charge on any atom is -0.493 e. The van der Waals surface area contributed by atoms with Crippen molar-refractivity contribution in [2.45, 2.75) is 38.5 Å². The number of imidazole rings is 1. The topological polar surface area (TPSA) is 73.8 Å². The van der Waals surface area contributed by atoms with Gasteiger partial charge in [-0.3, -0.25) is 4.90 Å². The van der Waals surface area contributed by atoms with Crippen LogP contribution < -0.4 is 9.47 Å². The molecular formula is C21H32N4O3. The number of β-amino-alcohol motifs (C(OH)–C–C–N with tert-alkyl or cyclic N) is 1. The Kier molecular flexibility index (Phi) is 7.71. The molecule has 1 aromatic carbocycles. The minimum atomic E-state index is -0.506. The molecule has 2 aromatic rings. The molecule has 1 aliphatic rings. The Morgan fingerprint density at radius 1 is 1.21 bits per heavy atom. The molecule has 0 spiro atoms. The molecule has 1 aromatic heterocycles. The Hall–Kier alpha value is -2.09. The number of benzene rings is 1. The maximum atomic E-state index is 10.4. The highest BCUT2D eigenvalue weighted by atomic mass is 16.5. The number of hydrogen-bond acceptors (Lipinski definition) is 6. The Morgan fingerprint density at radius 2 is 2.04 bits per heavy atom. The van der Waals surface area contributed by atoms with E-state index in [1.807, 2.05) is 24.4 Å². The third-order valence-corrected chi connectivity index (χ3v) is 5.00. The maximum absolute atomic E-state index is 10.4. The number of ether oxygens (including phenoxy) is 2. The summed E-state index contributed by atoms with van der Waals surface area (Å²) < 4.78 is 11.3. The molecule has 0 unspecified atom stereocenters. The van der Waals surface area contributed by atoms with E-state index in [1.165, 1.54) is 19.3 Å². The summed E-state index contributed by atoms with van der Waals surface area (Å²) in [5.41, 5.74) is 1.12. The monoisotopic (exact) mass is 388 g/mol. The van der Waals surface area contributed by atoms with Gasteiger partial charge in [-0.15, -0.1) is 0 Å². The first-order valence-corrected chi connectivity index (χ1v) is 10.0. The molecule has 0 amide bonds. The van der Waals surface area contributed by atoms with E-state index in [2.05, 4.69) is 26.8 Å². The molecule has 2 heterocycles. The highest BCUT2D eigenvalue weighted by molar-refractivity contribution is 5.43. The number of piperidine rings is 1. The van der Waals surface area contributed by atoms with Gasteiger partial charge in [0, 0.05) is 25.5 Å². The van der Waals surface area contributed by atoms with E-state index < -0.39 is 6.10 Å². The summed E-state index contributed by atoms with van der Waals surface area (Å²) in [4.78, 5) is 11.9. The fourth-order valence-electron chi connectivity index (χ4n) is 3.62. The van der Waals surface area contributed by atoms with E-state index in [-0.39, 0.29) is 6.61 Å². The lowest BCUT2D eigenvalue weighted by Crippen LogP contribution is -2.38. The fraction of sp³-hybridized carbons (Fsp3) is 0.571. The van der Waals surface area contributed by atoms with E-state index in [1.54, 1.807) is 13.3 Å². The average Bonchev–Trinajstić information content (AvgIpc) is 3.20. The quantitative estimate of drug-likeness (QED) is 0.651. The van der Waals surface area contributed by atoms with Gasteiger partial charge in [-0.05, 0) is 50.7 Å². The lowest BCUT2D eigenvalue weighted by atomic mass is 10.1. The number of likely N-dealkylation sites (tertiary alicyclic amines) is 1. The van der Waals surface area contributed by atoms with E-state index in [9.17, 15) is 5.11 Å². The molecule has 1 aliphatic heterocycles. The van der Waals surface area contributed by atoms with Gasteiger partial charge in [0.15, 0.2) is 11.5 Å². The highest BCUT2D eigenvalue weighted by Gasteiger charge is 2.16. The van der Waals surface area contributed by atoms with Crippen molar-refractivity contribution in [2.75, 3.05) is 40.4 Å². The van der Waals surface area contributed by atoms with E-state index in [4.69, 9.17) is 9.47 Å². The Bertz CT molecular complexity index is 702. The molecule has 1 fully saturated rings. The zero-order valence-corrected chi connectivity index (χ0v) is 16.9. The van der Waals surface area contributed by atoms with Crippen LogP contribution in [0.1, 0.15) is 30.7 Å². The molecule has 0 saturated carbocycles. The van der Waals surface area contributed by atoms with Gasteiger partial charge in [0.2, 0.25) is 0 Å². The summed E-state index contributed by atoms with van der Waals surface area (Å²) in [7, 11) is 3.69. The van der Waals surface area contributed by atoms with Gasteiger partial charge in [-0.25, -0.2) is 4.98 Å². The SMILES string of the molecule is COc1ccc(CN(C)Cc2ncc[nH]2)cc1OC[C@H](O)CN1CCCCC1. The standard InChI is InChI=1S/C21H32N4O3/c1-24(15-21-22-8-9-23-21)13-17-6-7-19(27-2)20(12-17)28-16-18(26)14-25-10-4-3-5-11-25/h6-9,12,18,26H,3-5,10-11,13-16H2,1-2H3,(H,22,23)/t18-/m1/s1. The maximum Gasteiger partial charge on any atom is 0.161 e. The zero-order chi connectivity index (χ0) is 19.8. The van der Waals surface area contributed by atoms with Crippen LogP contribution in [0.25, 0.3) is 0 Å². The predicted octanol–water partition coefficient (Wildman–Crippen LogP) is 2.28. The molecule has 154 valence electrons. The summed E-state index contributed by atoms with van der Waals surface area (Å²) in [5, 5.41) is 10.4. The van der Waals surface area contributed by atoms with E-state index in [0.29, 0.717) is 18.0 Å². The number of aromatic amines is 1. The summed E-state index contributed by atoms with van der Waals surface area (Å²) in [6.45, 7) is 4.56. The van der Waals surface area contributed by atoms with Crippen LogP contribution in [-0.2, 0) is 13.1 Å². The van der Waals surface area contributed by atoms with Crippen LogP contribution in [-0.4, -0.2) is 71.4 Å². The average molecular weight is 389 g/mol. The normalized spacial score (nSPS) is 16.3.